The number of aromatic nitrogens is 2. The predicted octanol–water partition coefficient (Wildman–Crippen LogP) is 13.2. The number of thiophene rings is 5. The Labute approximate surface area is 280 Å². The first kappa shape index (κ1) is 28.2. The molecule has 0 bridgehead atoms. The fourth-order valence-corrected chi connectivity index (χ4v) is 11.2. The largest absolute Gasteiger partial charge is 0.172 e. The van der Waals surface area contributed by atoms with E-state index in [2.05, 4.69) is 112 Å². The Morgan fingerprint density at radius 2 is 1.27 bits per heavy atom. The summed E-state index contributed by atoms with van der Waals surface area (Å²) in [6, 6.07) is 20.2. The molecule has 0 amide bonds. The number of aryl methyl sites for hydroxylation is 4. The Morgan fingerprint density at radius 3 is 2.02 bits per heavy atom. The van der Waals surface area contributed by atoms with E-state index in [1.807, 2.05) is 45.3 Å². The van der Waals surface area contributed by atoms with Gasteiger partial charge in [0.2, 0.25) is 0 Å². The minimum absolute atomic E-state index is 0.960. The smallest absolute Gasteiger partial charge is 0.114 e. The van der Waals surface area contributed by atoms with Crippen molar-refractivity contribution in [3.8, 4) is 20.2 Å². The summed E-state index contributed by atoms with van der Waals surface area (Å²) in [7, 11) is 0. The Morgan fingerprint density at radius 1 is 0.568 bits per heavy atom. The topological polar surface area (TPSA) is 25.8 Å². The van der Waals surface area contributed by atoms with Crippen LogP contribution in [0, 0.1) is 27.7 Å². The first-order valence-corrected chi connectivity index (χ1v) is 19.1. The monoisotopic (exact) mass is 678 g/mol. The summed E-state index contributed by atoms with van der Waals surface area (Å²) < 4.78 is 12.5. The molecule has 0 aliphatic heterocycles. The van der Waals surface area contributed by atoms with Crippen LogP contribution in [0.1, 0.15) is 41.8 Å². The molecular weight excluding hydrogens is 653 g/mol. The third kappa shape index (κ3) is 4.94. The average molecular weight is 679 g/mol. The van der Waals surface area contributed by atoms with Gasteiger partial charge in [0.1, 0.15) is 11.0 Å². The highest BCUT2D eigenvalue weighted by atomic mass is 32.1. The second-order valence-corrected chi connectivity index (χ2v) is 17.1. The Bertz CT molecular complexity index is 2340. The molecule has 0 unspecified atom stereocenters. The maximum atomic E-state index is 4.84. The van der Waals surface area contributed by atoms with Crippen LogP contribution in [0.15, 0.2) is 60.0 Å². The van der Waals surface area contributed by atoms with E-state index in [9.17, 15) is 0 Å². The third-order valence-electron chi connectivity index (χ3n) is 7.97. The molecule has 8 aromatic rings. The van der Waals surface area contributed by atoms with E-state index in [4.69, 9.17) is 8.75 Å². The van der Waals surface area contributed by atoms with Crippen LogP contribution in [0.2, 0.25) is 0 Å². The van der Waals surface area contributed by atoms with E-state index < -0.39 is 0 Å². The van der Waals surface area contributed by atoms with Gasteiger partial charge in [-0.25, -0.2) is 0 Å². The number of benzene rings is 2. The summed E-state index contributed by atoms with van der Waals surface area (Å²) in [6.07, 6.45) is 8.88. The molecule has 0 saturated carbocycles. The Kier molecular flexibility index (Phi) is 7.24. The minimum atomic E-state index is 0.960. The van der Waals surface area contributed by atoms with Gasteiger partial charge in [0, 0.05) is 54.7 Å². The molecule has 0 saturated heterocycles. The van der Waals surface area contributed by atoms with Crippen molar-refractivity contribution in [3.63, 3.8) is 0 Å². The van der Waals surface area contributed by atoms with Gasteiger partial charge in [-0.15, -0.1) is 56.7 Å². The molecule has 44 heavy (non-hydrogen) atoms. The summed E-state index contributed by atoms with van der Waals surface area (Å²) in [5, 5.41) is 4.98. The van der Waals surface area contributed by atoms with Gasteiger partial charge >= 0.3 is 0 Å². The quantitative estimate of drug-likeness (QED) is 0.175. The summed E-state index contributed by atoms with van der Waals surface area (Å²) in [5.74, 6) is 0. The number of rotatable bonds is 6. The van der Waals surface area contributed by atoms with Gasteiger partial charge in [-0.05, 0) is 127 Å². The molecular formula is C36H26N2S6. The van der Waals surface area contributed by atoms with Crippen molar-refractivity contribution in [2.75, 3.05) is 0 Å². The van der Waals surface area contributed by atoms with E-state index in [1.54, 1.807) is 11.3 Å². The lowest BCUT2D eigenvalue weighted by Crippen LogP contribution is -1.88. The van der Waals surface area contributed by atoms with Crippen LogP contribution in [0.25, 0.3) is 75.7 Å². The van der Waals surface area contributed by atoms with E-state index in [0.717, 1.165) is 27.7 Å². The minimum Gasteiger partial charge on any atom is -0.172 e. The van der Waals surface area contributed by atoms with Crippen LogP contribution in [0.4, 0.5) is 0 Å². The average Bonchev–Trinajstić information content (AvgIpc) is 3.85. The highest BCUT2D eigenvalue weighted by molar-refractivity contribution is 7.27. The Hall–Kier alpha value is -3.24. The molecule has 2 nitrogen and oxygen atoms in total. The zero-order chi connectivity index (χ0) is 29.9. The van der Waals surface area contributed by atoms with Crippen LogP contribution in [0.3, 0.4) is 0 Å². The van der Waals surface area contributed by atoms with Crippen LogP contribution >= 0.6 is 68.4 Å². The number of hydrogen-bond acceptors (Lipinski definition) is 8. The summed E-state index contributed by atoms with van der Waals surface area (Å²) in [6.45, 7) is 8.84. The molecule has 0 fully saturated rings. The van der Waals surface area contributed by atoms with Crippen LogP contribution in [-0.4, -0.2) is 8.75 Å². The summed E-state index contributed by atoms with van der Waals surface area (Å²) in [5.41, 5.74) is 8.12. The lowest BCUT2D eigenvalue weighted by molar-refractivity contribution is 1.58. The first-order chi connectivity index (χ1) is 21.4. The highest BCUT2D eigenvalue weighted by Gasteiger charge is 2.19. The van der Waals surface area contributed by atoms with Crippen molar-refractivity contribution in [2.45, 2.75) is 27.7 Å². The predicted molar refractivity (Wildman–Crippen MR) is 202 cm³/mol. The molecule has 0 radical (unpaired) electrons. The van der Waals surface area contributed by atoms with E-state index in [0.29, 0.717) is 0 Å². The lowest BCUT2D eigenvalue weighted by Gasteiger charge is -2.07. The second kappa shape index (κ2) is 11.3. The van der Waals surface area contributed by atoms with Crippen LogP contribution < -0.4 is 0 Å². The van der Waals surface area contributed by atoms with Gasteiger partial charge in [-0.2, -0.15) is 8.75 Å². The molecule has 8 heteroatoms. The number of fused-ring (bicyclic) bond motifs is 3. The fraction of sp³-hybridized carbons (Fsp3) is 0.111. The normalized spacial score (nSPS) is 12.4. The molecule has 8 rings (SSSR count). The third-order valence-corrected chi connectivity index (χ3v) is 14.0. The zero-order valence-corrected chi connectivity index (χ0v) is 29.3. The maximum Gasteiger partial charge on any atom is 0.114 e. The molecule has 0 aliphatic rings. The lowest BCUT2D eigenvalue weighted by atomic mass is 9.99. The maximum absolute atomic E-state index is 4.84. The molecule has 216 valence electrons. The fourth-order valence-electron chi connectivity index (χ4n) is 5.73. The molecule has 0 N–H and O–H groups in total. The molecule has 2 aromatic carbocycles. The van der Waals surface area contributed by atoms with Crippen molar-refractivity contribution in [2.24, 2.45) is 0 Å². The zero-order valence-electron chi connectivity index (χ0n) is 24.4. The van der Waals surface area contributed by atoms with Crippen LogP contribution in [-0.2, 0) is 0 Å². The Balaban J connectivity index is 1.25. The van der Waals surface area contributed by atoms with Gasteiger partial charge in [0.25, 0.3) is 0 Å². The highest BCUT2D eigenvalue weighted by Crippen LogP contribution is 2.46. The van der Waals surface area contributed by atoms with Gasteiger partial charge in [0.15, 0.2) is 0 Å². The van der Waals surface area contributed by atoms with Gasteiger partial charge in [-0.1, -0.05) is 12.2 Å². The van der Waals surface area contributed by atoms with Crippen molar-refractivity contribution in [1.29, 1.82) is 0 Å². The molecule has 0 aliphatic carbocycles. The van der Waals surface area contributed by atoms with E-state index >= 15 is 0 Å². The summed E-state index contributed by atoms with van der Waals surface area (Å²) in [4.78, 5) is 8.95. The van der Waals surface area contributed by atoms with Crippen molar-refractivity contribution in [1.82, 2.24) is 8.75 Å². The molecule has 0 atom stereocenters. The molecule has 6 heterocycles. The molecule has 0 spiro atoms. The van der Waals surface area contributed by atoms with E-state index in [-0.39, 0.29) is 0 Å². The number of nitrogens with zero attached hydrogens (tertiary/aromatic N) is 2. The molecule has 6 aromatic heterocycles. The SMILES string of the molecule is Cc1ccc(/C=C/c2cc(-c3ccc(-c4cc5c(C)c6sccc6c(C)c5s4)s3)c3nsnc3c2/C=C/c2ccc(C)s2)s1. The van der Waals surface area contributed by atoms with E-state index in [1.165, 1.54) is 77.2 Å². The number of hydrogen-bond donors (Lipinski definition) is 0. The second-order valence-electron chi connectivity index (χ2n) is 10.9. The first-order valence-electron chi connectivity index (χ1n) is 14.2. The van der Waals surface area contributed by atoms with Gasteiger partial charge < -0.3 is 0 Å². The van der Waals surface area contributed by atoms with Crippen molar-refractivity contribution >= 4 is 124 Å². The van der Waals surface area contributed by atoms with Gasteiger partial charge in [-0.3, -0.25) is 0 Å². The van der Waals surface area contributed by atoms with Gasteiger partial charge in [0.05, 0.1) is 11.7 Å². The van der Waals surface area contributed by atoms with Crippen molar-refractivity contribution in [3.05, 3.63) is 102 Å². The van der Waals surface area contributed by atoms with Crippen LogP contribution in [0.5, 0.6) is 0 Å². The van der Waals surface area contributed by atoms with Crippen molar-refractivity contribution < 1.29 is 0 Å². The standard InChI is InChI=1S/C36H26N2S6/c1-19-5-8-24(40-19)10-7-23-17-29(34-33(37-44-38-34)27(23)12-11-25-9-6-20(2)41-25)30-13-14-31(42-30)32-18-28-22(4)35-26(15-16-39-35)21(3)36(28)43-32/h5-18H,1-4H3/b10-7+,12-11+. The summed E-state index contributed by atoms with van der Waals surface area (Å²) >= 11 is 10.5.